The molecule has 5 aromatic rings. The minimum atomic E-state index is -3.97. The van der Waals surface area contributed by atoms with Crippen LogP contribution in [0, 0.1) is 0 Å². The second-order valence-corrected chi connectivity index (χ2v) is 12.0. The zero-order valence-corrected chi connectivity index (χ0v) is 23.3. The molecule has 0 saturated heterocycles. The Hall–Kier alpha value is -3.80. The molecule has 0 unspecified atom stereocenters. The summed E-state index contributed by atoms with van der Waals surface area (Å²) in [5.74, 6) is 0.736. The number of aromatic nitrogens is 5. The summed E-state index contributed by atoms with van der Waals surface area (Å²) in [5.41, 5.74) is 4.10. The van der Waals surface area contributed by atoms with Gasteiger partial charge in [0.15, 0.2) is 5.82 Å². The first kappa shape index (κ1) is 26.4. The maximum atomic E-state index is 13.0. The van der Waals surface area contributed by atoms with Gasteiger partial charge in [0, 0.05) is 23.2 Å². The molecule has 0 amide bonds. The van der Waals surface area contributed by atoms with Gasteiger partial charge in [-0.15, -0.1) is 0 Å². The van der Waals surface area contributed by atoms with Gasteiger partial charge in [-0.1, -0.05) is 30.7 Å². The van der Waals surface area contributed by atoms with Gasteiger partial charge in [0.25, 0.3) is 10.0 Å². The number of aliphatic hydroxyl groups excluding tert-OH is 1. The molecule has 2 aromatic carbocycles. The van der Waals surface area contributed by atoms with Crippen molar-refractivity contribution in [1.82, 2.24) is 24.6 Å². The molecule has 0 radical (unpaired) electrons. The molecular weight excluding hydrogens is 550 g/mol. The van der Waals surface area contributed by atoms with Crippen LogP contribution in [0.15, 0.2) is 66.0 Å². The lowest BCUT2D eigenvalue weighted by Crippen LogP contribution is -2.28. The third kappa shape index (κ3) is 5.07. The van der Waals surface area contributed by atoms with E-state index in [9.17, 15) is 13.5 Å². The molecule has 0 bridgehead atoms. The first-order valence-electron chi connectivity index (χ1n) is 13.2. The number of benzene rings is 2. The van der Waals surface area contributed by atoms with Crippen molar-refractivity contribution in [3.8, 4) is 11.3 Å². The molecule has 0 spiro atoms. The number of nitrogens with zero attached hydrogens (tertiary/aromatic N) is 5. The Morgan fingerprint density at radius 1 is 1.07 bits per heavy atom. The summed E-state index contributed by atoms with van der Waals surface area (Å²) in [6, 6.07) is 14.2. The monoisotopic (exact) mass is 577 g/mol. The van der Waals surface area contributed by atoms with Crippen molar-refractivity contribution in [2.24, 2.45) is 0 Å². The summed E-state index contributed by atoms with van der Waals surface area (Å²) >= 11 is 6.14. The zero-order valence-electron chi connectivity index (χ0n) is 21.7. The van der Waals surface area contributed by atoms with Gasteiger partial charge < -0.3 is 10.4 Å². The maximum Gasteiger partial charge on any atom is 0.264 e. The number of nitrogens with one attached hydrogen (secondary N) is 2. The molecule has 0 aliphatic heterocycles. The lowest BCUT2D eigenvalue weighted by molar-refractivity contribution is 0.126. The van der Waals surface area contributed by atoms with Gasteiger partial charge in [0.2, 0.25) is 5.95 Å². The van der Waals surface area contributed by atoms with Crippen molar-refractivity contribution < 1.29 is 13.5 Å². The van der Waals surface area contributed by atoms with E-state index in [-0.39, 0.29) is 27.9 Å². The minimum Gasteiger partial charge on any atom is -0.393 e. The molecule has 1 saturated carbocycles. The average molecular weight is 578 g/mol. The van der Waals surface area contributed by atoms with Gasteiger partial charge in [0.1, 0.15) is 16.7 Å². The van der Waals surface area contributed by atoms with E-state index in [0.717, 1.165) is 59.8 Å². The normalized spacial score (nSPS) is 17.8. The fourth-order valence-corrected chi connectivity index (χ4v) is 6.73. The van der Waals surface area contributed by atoms with E-state index in [0.29, 0.717) is 11.5 Å². The van der Waals surface area contributed by atoms with Crippen LogP contribution in [0.4, 0.5) is 11.8 Å². The number of aryl methyl sites for hydroxylation is 1. The van der Waals surface area contributed by atoms with Crippen molar-refractivity contribution >= 4 is 49.8 Å². The largest absolute Gasteiger partial charge is 0.393 e. The van der Waals surface area contributed by atoms with Crippen molar-refractivity contribution in [3.05, 3.63) is 71.6 Å². The predicted molar refractivity (Wildman–Crippen MR) is 155 cm³/mol. The highest BCUT2D eigenvalue weighted by molar-refractivity contribution is 7.92. The van der Waals surface area contributed by atoms with E-state index in [4.69, 9.17) is 16.6 Å². The fraction of sp³-hybridized carbons (Fsp3) is 0.286. The number of anilines is 2. The standard InChI is InChI=1S/C28H28ClN7O3S/c1-2-17-13-18(14-19-15-30-28(34-26(17)19)33-20-7-9-21(37)10-8-20)23-11-12-24-27(31-16-32-36(23)24)35-40(38,39)25-6-4-3-5-22(25)29/h3-6,11-16,20-21,37H,2,7-10H2,1H3,(H,30,33,34)(H,31,32,35). The molecule has 1 aliphatic rings. The van der Waals surface area contributed by atoms with Gasteiger partial charge in [-0.25, -0.2) is 27.9 Å². The molecular formula is C28H28ClN7O3S. The van der Waals surface area contributed by atoms with Crippen molar-refractivity contribution in [3.63, 3.8) is 0 Å². The van der Waals surface area contributed by atoms with E-state index in [1.165, 1.54) is 18.5 Å². The number of halogens is 1. The number of hydrogen-bond acceptors (Lipinski definition) is 8. The summed E-state index contributed by atoms with van der Waals surface area (Å²) in [6.45, 7) is 2.08. The molecule has 10 nitrogen and oxygen atoms in total. The Balaban J connectivity index is 1.34. The van der Waals surface area contributed by atoms with Crippen LogP contribution in [0.2, 0.25) is 5.02 Å². The minimum absolute atomic E-state index is 0.0303. The van der Waals surface area contributed by atoms with Crippen LogP contribution in [0.5, 0.6) is 0 Å². The summed E-state index contributed by atoms with van der Waals surface area (Å²) in [5, 5.41) is 18.6. The van der Waals surface area contributed by atoms with E-state index in [1.807, 2.05) is 18.3 Å². The topological polar surface area (TPSA) is 134 Å². The lowest BCUT2D eigenvalue weighted by atomic mass is 9.93. The smallest absolute Gasteiger partial charge is 0.264 e. The molecule has 3 N–H and O–H groups in total. The van der Waals surface area contributed by atoms with E-state index >= 15 is 0 Å². The quantitative estimate of drug-likeness (QED) is 0.244. The van der Waals surface area contributed by atoms with Crippen LogP contribution in [-0.4, -0.2) is 50.2 Å². The number of sulfonamides is 1. The molecule has 6 rings (SSSR count). The number of hydrogen-bond donors (Lipinski definition) is 3. The van der Waals surface area contributed by atoms with Crippen molar-refractivity contribution in [2.75, 3.05) is 10.0 Å². The van der Waals surface area contributed by atoms with Crippen LogP contribution in [0.25, 0.3) is 27.7 Å². The molecule has 206 valence electrons. The second kappa shape index (κ2) is 10.6. The molecule has 1 fully saturated rings. The van der Waals surface area contributed by atoms with Crippen LogP contribution >= 0.6 is 11.6 Å². The predicted octanol–water partition coefficient (Wildman–Crippen LogP) is 5.07. The molecule has 3 heterocycles. The number of aliphatic hydroxyl groups is 1. The summed E-state index contributed by atoms with van der Waals surface area (Å²) in [6.07, 6.45) is 7.03. The fourth-order valence-electron chi connectivity index (χ4n) is 5.18. The van der Waals surface area contributed by atoms with Gasteiger partial charge >= 0.3 is 0 Å². The third-order valence-corrected chi connectivity index (χ3v) is 9.12. The highest BCUT2D eigenvalue weighted by Crippen LogP contribution is 2.31. The Kier molecular flexibility index (Phi) is 7.03. The Labute approximate surface area is 236 Å². The van der Waals surface area contributed by atoms with Crippen LogP contribution < -0.4 is 10.0 Å². The average Bonchev–Trinajstić information content (AvgIpc) is 3.39. The van der Waals surface area contributed by atoms with Crippen LogP contribution in [0.3, 0.4) is 0 Å². The summed E-state index contributed by atoms with van der Waals surface area (Å²) in [4.78, 5) is 13.6. The summed E-state index contributed by atoms with van der Waals surface area (Å²) in [7, 11) is -3.97. The van der Waals surface area contributed by atoms with Gasteiger partial charge in [-0.3, -0.25) is 4.72 Å². The van der Waals surface area contributed by atoms with E-state index < -0.39 is 10.0 Å². The van der Waals surface area contributed by atoms with Gasteiger partial charge in [0.05, 0.1) is 22.3 Å². The lowest BCUT2D eigenvalue weighted by Gasteiger charge is -2.26. The molecule has 3 aromatic heterocycles. The third-order valence-electron chi connectivity index (χ3n) is 7.28. The van der Waals surface area contributed by atoms with Crippen LogP contribution in [0.1, 0.15) is 38.2 Å². The van der Waals surface area contributed by atoms with Crippen molar-refractivity contribution in [2.45, 2.75) is 56.1 Å². The summed E-state index contributed by atoms with van der Waals surface area (Å²) < 4.78 is 30.3. The first-order chi connectivity index (χ1) is 19.3. The first-order valence-corrected chi connectivity index (χ1v) is 15.0. The van der Waals surface area contributed by atoms with Gasteiger partial charge in [-0.2, -0.15) is 5.10 Å². The highest BCUT2D eigenvalue weighted by atomic mass is 35.5. The number of rotatable bonds is 7. The van der Waals surface area contributed by atoms with Crippen LogP contribution in [-0.2, 0) is 16.4 Å². The Morgan fingerprint density at radius 2 is 1.88 bits per heavy atom. The van der Waals surface area contributed by atoms with E-state index in [1.54, 1.807) is 22.7 Å². The SMILES string of the molecule is CCc1cc(-c2ccc3c(NS(=O)(=O)c4ccccc4Cl)ncnn23)cc2cnc(NC3CCC(O)CC3)nc12. The number of fused-ring (bicyclic) bond motifs is 2. The highest BCUT2D eigenvalue weighted by Gasteiger charge is 2.22. The zero-order chi connectivity index (χ0) is 27.9. The van der Waals surface area contributed by atoms with E-state index in [2.05, 4.69) is 38.1 Å². The Bertz CT molecular complexity index is 1820. The van der Waals surface area contributed by atoms with Gasteiger partial charge in [-0.05, 0) is 74.1 Å². The van der Waals surface area contributed by atoms with Crippen molar-refractivity contribution in [1.29, 1.82) is 0 Å². The molecule has 12 heteroatoms. The molecule has 40 heavy (non-hydrogen) atoms. The second-order valence-electron chi connectivity index (χ2n) is 9.93. The Morgan fingerprint density at radius 3 is 2.65 bits per heavy atom. The maximum absolute atomic E-state index is 13.0. The molecule has 1 aliphatic carbocycles. The molecule has 0 atom stereocenters.